The zero-order valence-corrected chi connectivity index (χ0v) is 42.6. The van der Waals surface area contributed by atoms with Crippen LogP contribution in [0, 0.1) is 0 Å². The van der Waals surface area contributed by atoms with E-state index in [2.05, 4.69) is 4.74 Å². The normalized spacial score (nSPS) is 18.3. The monoisotopic (exact) mass is 955 g/mol. The predicted octanol–water partition coefficient (Wildman–Crippen LogP) is 15.2. The molecular weight excluding hydrogens is 881 g/mol. The van der Waals surface area contributed by atoms with Crippen molar-refractivity contribution in [2.75, 3.05) is 0 Å². The summed E-state index contributed by atoms with van der Waals surface area (Å²) in [6.07, 6.45) is 5.62. The lowest BCUT2D eigenvalue weighted by atomic mass is 9.76. The van der Waals surface area contributed by atoms with Gasteiger partial charge in [-0.05, 0) is 229 Å². The van der Waals surface area contributed by atoms with Gasteiger partial charge in [-0.1, -0.05) is 48.5 Å². The Morgan fingerprint density at radius 2 is 0.551 bits per heavy atom. The third-order valence-electron chi connectivity index (χ3n) is 11.0. The third kappa shape index (κ3) is 21.3. The maximum Gasteiger partial charge on any atom is 0.519 e. The van der Waals surface area contributed by atoms with Gasteiger partial charge in [-0.15, -0.1) is 0 Å². The first-order chi connectivity index (χ1) is 32.1. The number of carbonyl (C=O) groups is 4. The van der Waals surface area contributed by atoms with E-state index in [4.69, 9.17) is 28.4 Å². The van der Waals surface area contributed by atoms with Crippen molar-refractivity contribution in [1.29, 1.82) is 0 Å². The molecule has 0 aromatic heterocycles. The van der Waals surface area contributed by atoms with Crippen LogP contribution in [0.3, 0.4) is 0 Å². The molecule has 0 heterocycles. The average molecular weight is 955 g/mol. The number of phenolic OH excluding ortho intramolecular Hbond substituents is 2. The minimum Gasteiger partial charge on any atom is -0.508 e. The van der Waals surface area contributed by atoms with Crippen LogP contribution in [0.4, 0.5) is 19.2 Å². The summed E-state index contributed by atoms with van der Waals surface area (Å²) in [5, 5.41) is 18.7. The van der Waals surface area contributed by atoms with Gasteiger partial charge >= 0.3 is 24.6 Å². The Morgan fingerprint density at radius 1 is 0.348 bits per heavy atom. The number of hydrogen-bond donors (Lipinski definition) is 2. The highest BCUT2D eigenvalue weighted by Crippen LogP contribution is 2.42. The molecule has 376 valence electrons. The van der Waals surface area contributed by atoms with Crippen molar-refractivity contribution >= 4 is 24.6 Å². The Balaban J connectivity index is 0.000000250. The topological polar surface area (TPSA) is 173 Å². The molecule has 0 amide bonds. The average Bonchev–Trinajstić information content (AvgIpc) is 3.23. The molecule has 0 unspecified atom stereocenters. The van der Waals surface area contributed by atoms with Gasteiger partial charge in [0.15, 0.2) is 0 Å². The van der Waals surface area contributed by atoms with E-state index in [9.17, 15) is 29.4 Å². The lowest BCUT2D eigenvalue weighted by Crippen LogP contribution is -2.29. The van der Waals surface area contributed by atoms with Gasteiger partial charge in [0.05, 0.1) is 0 Å². The third-order valence-corrected chi connectivity index (χ3v) is 11.0. The fourth-order valence-corrected chi connectivity index (χ4v) is 7.97. The van der Waals surface area contributed by atoms with Gasteiger partial charge in [-0.2, -0.15) is 0 Å². The van der Waals surface area contributed by atoms with Crippen molar-refractivity contribution in [1.82, 2.24) is 0 Å². The number of carbonyl (C=O) groups excluding carboxylic acids is 4. The van der Waals surface area contributed by atoms with Gasteiger partial charge in [0.2, 0.25) is 0 Å². The summed E-state index contributed by atoms with van der Waals surface area (Å²) in [7, 11) is 0. The second kappa shape index (κ2) is 24.4. The van der Waals surface area contributed by atoms with Gasteiger partial charge in [-0.25, -0.2) is 19.2 Å². The molecule has 0 saturated heterocycles. The lowest BCUT2D eigenvalue weighted by Gasteiger charge is -2.29. The Bertz CT molecular complexity index is 2060. The number of ether oxygens (including phenoxy) is 7. The van der Waals surface area contributed by atoms with Crippen LogP contribution in [0.15, 0.2) is 97.1 Å². The van der Waals surface area contributed by atoms with E-state index < -0.39 is 47.0 Å². The first-order valence-corrected chi connectivity index (χ1v) is 23.8. The standard InChI is InChI=1S/C28H36O6.C18H20O2.C10H18O5/c1-27(2,3)33-25(29)31-23-15-11-21(12-16-23)19-7-9-20(10-8-19)22-13-17-24(18-14-22)32-26(30)34-28(4,5)6;19-17-9-5-15(6-10-17)13-1-2-14(4-3-13)16-7-11-18(20)12-8-16;1-9(2,3)14-7(11)13-8(12)15-10(4,5)6/h11-20H,7-10H2,1-6H3;5-14,19-20H,1-4H2;1-6H3. The van der Waals surface area contributed by atoms with Crippen molar-refractivity contribution in [2.24, 2.45) is 0 Å². The predicted molar refractivity (Wildman–Crippen MR) is 264 cm³/mol. The quantitative estimate of drug-likeness (QED) is 0.0810. The number of rotatable bonds is 6. The molecule has 0 radical (unpaired) electrons. The van der Waals surface area contributed by atoms with Crippen molar-refractivity contribution in [3.8, 4) is 23.0 Å². The van der Waals surface area contributed by atoms with Gasteiger partial charge in [0.25, 0.3) is 0 Å². The SMILES string of the molecule is CC(C)(C)OC(=O)OC(=O)OC(C)(C)C.CC(C)(C)OC(=O)Oc1ccc(C2CCC(c3ccc(OC(=O)OC(C)(C)C)cc3)CC2)cc1.Oc1ccc(C2CCC(c3ccc(O)cc3)CC2)cc1. The van der Waals surface area contributed by atoms with Crippen LogP contribution in [0.2, 0.25) is 0 Å². The Labute approximate surface area is 408 Å². The zero-order chi connectivity index (χ0) is 51.2. The fraction of sp³-hybridized carbons (Fsp3) is 0.500. The summed E-state index contributed by atoms with van der Waals surface area (Å²) in [6.45, 7) is 20.9. The molecule has 4 aromatic carbocycles. The summed E-state index contributed by atoms with van der Waals surface area (Å²) < 4.78 is 34.7. The second-order valence-corrected chi connectivity index (χ2v) is 21.6. The number of phenols is 2. The van der Waals surface area contributed by atoms with Crippen molar-refractivity contribution in [3.05, 3.63) is 119 Å². The largest absolute Gasteiger partial charge is 0.519 e. The molecule has 0 aliphatic heterocycles. The molecule has 2 fully saturated rings. The van der Waals surface area contributed by atoms with E-state index in [1.54, 1.807) is 107 Å². The number of aromatic hydroxyl groups is 2. The van der Waals surface area contributed by atoms with Crippen LogP contribution >= 0.6 is 0 Å². The van der Waals surface area contributed by atoms with E-state index in [0.717, 1.165) is 25.7 Å². The van der Waals surface area contributed by atoms with Crippen LogP contribution in [0.25, 0.3) is 0 Å². The van der Waals surface area contributed by atoms with Gasteiger partial charge in [-0.3, -0.25) is 0 Å². The molecule has 0 spiro atoms. The molecular formula is C56H74O13. The van der Waals surface area contributed by atoms with Crippen molar-refractivity contribution in [3.63, 3.8) is 0 Å². The number of benzene rings is 4. The van der Waals surface area contributed by atoms with E-state index >= 15 is 0 Å². The molecule has 2 aliphatic carbocycles. The van der Waals surface area contributed by atoms with Crippen molar-refractivity contribution in [2.45, 2.75) is 181 Å². The highest BCUT2D eigenvalue weighted by Gasteiger charge is 2.27. The van der Waals surface area contributed by atoms with E-state index in [1.807, 2.05) is 72.8 Å². The Hall–Kier alpha value is -6.24. The molecule has 0 bridgehead atoms. The van der Waals surface area contributed by atoms with E-state index in [1.165, 1.54) is 47.9 Å². The van der Waals surface area contributed by atoms with Gasteiger partial charge < -0.3 is 43.4 Å². The molecule has 2 aliphatic rings. The number of hydrogen-bond acceptors (Lipinski definition) is 13. The Kier molecular flexibility index (Phi) is 19.5. The smallest absolute Gasteiger partial charge is 0.508 e. The van der Waals surface area contributed by atoms with Crippen molar-refractivity contribution < 1.29 is 62.5 Å². The molecule has 2 N–H and O–H groups in total. The van der Waals surface area contributed by atoms with Gasteiger partial charge in [0.1, 0.15) is 45.4 Å². The molecule has 4 aromatic rings. The fourth-order valence-electron chi connectivity index (χ4n) is 7.97. The zero-order valence-electron chi connectivity index (χ0n) is 42.6. The van der Waals surface area contributed by atoms with Crippen LogP contribution in [0.1, 0.15) is 180 Å². The minimum atomic E-state index is -1.06. The molecule has 13 nitrogen and oxygen atoms in total. The van der Waals surface area contributed by atoms with Crippen LogP contribution in [-0.2, 0) is 23.7 Å². The highest BCUT2D eigenvalue weighted by molar-refractivity contribution is 5.77. The minimum absolute atomic E-state index is 0.339. The van der Waals surface area contributed by atoms with Crippen LogP contribution in [0.5, 0.6) is 23.0 Å². The van der Waals surface area contributed by atoms with Crippen LogP contribution < -0.4 is 9.47 Å². The maximum absolute atomic E-state index is 11.8. The summed E-state index contributed by atoms with van der Waals surface area (Å²) >= 11 is 0. The molecule has 6 rings (SSSR count). The van der Waals surface area contributed by atoms with E-state index in [-0.39, 0.29) is 0 Å². The molecule has 0 atom stereocenters. The van der Waals surface area contributed by atoms with Gasteiger partial charge in [0, 0.05) is 0 Å². The molecule has 13 heteroatoms. The summed E-state index contributed by atoms with van der Waals surface area (Å²) in [4.78, 5) is 45.7. The summed E-state index contributed by atoms with van der Waals surface area (Å²) in [6, 6.07) is 30.7. The molecule has 2 saturated carbocycles. The lowest BCUT2D eigenvalue weighted by molar-refractivity contribution is -0.0295. The van der Waals surface area contributed by atoms with E-state index in [0.29, 0.717) is 46.7 Å². The maximum atomic E-state index is 11.8. The molecule has 69 heavy (non-hydrogen) atoms. The second-order valence-electron chi connectivity index (χ2n) is 21.6. The summed E-state index contributed by atoms with van der Waals surface area (Å²) in [5.74, 6) is 3.86. The first kappa shape index (κ1) is 55.4. The van der Waals surface area contributed by atoms with Crippen LogP contribution in [-0.4, -0.2) is 57.2 Å². The first-order valence-electron chi connectivity index (χ1n) is 23.8. The summed E-state index contributed by atoms with van der Waals surface area (Å²) in [5.41, 5.74) is 2.64. The Morgan fingerprint density at radius 3 is 0.768 bits per heavy atom. The highest BCUT2D eigenvalue weighted by atomic mass is 16.8.